The minimum absolute atomic E-state index is 0.0324. The summed E-state index contributed by atoms with van der Waals surface area (Å²) in [6.07, 6.45) is 27.7. The molecular formula is C105H142N28O12. The van der Waals surface area contributed by atoms with Gasteiger partial charge in [0.15, 0.2) is 23.3 Å². The van der Waals surface area contributed by atoms with E-state index in [-0.39, 0.29) is 47.3 Å². The third kappa shape index (κ3) is 24.3. The zero-order valence-electron chi connectivity index (χ0n) is 87.2. The Hall–Kier alpha value is -14.3. The van der Waals surface area contributed by atoms with E-state index in [2.05, 4.69) is 109 Å². The number of nitrogens with zero attached hydrogens (tertiary/aromatic N) is 19. The summed E-state index contributed by atoms with van der Waals surface area (Å²) < 4.78 is 24.1. The molecule has 145 heavy (non-hydrogen) atoms. The number of amides is 8. The van der Waals surface area contributed by atoms with Gasteiger partial charge >= 0.3 is 0 Å². The number of piperazine rings is 1. The number of ether oxygens (including phenoxy) is 4. The van der Waals surface area contributed by atoms with Crippen LogP contribution >= 0.6 is 0 Å². The fourth-order valence-electron chi connectivity index (χ4n) is 20.1. The average molecular weight is 1990 g/mol. The van der Waals surface area contributed by atoms with Crippen LogP contribution in [0.2, 0.25) is 0 Å². The quantitative estimate of drug-likeness (QED) is 0.0216. The van der Waals surface area contributed by atoms with Crippen LogP contribution in [0.4, 0.5) is 92.6 Å². The van der Waals surface area contributed by atoms with Crippen molar-refractivity contribution in [2.75, 3.05) is 204 Å². The van der Waals surface area contributed by atoms with E-state index < -0.39 is 21.7 Å². The summed E-state index contributed by atoms with van der Waals surface area (Å²) in [5, 5.41) is 27.2. The van der Waals surface area contributed by atoms with Crippen LogP contribution in [0.1, 0.15) is 199 Å². The molecule has 8 amide bonds. The number of methoxy groups -OCH3 is 4. The van der Waals surface area contributed by atoms with Crippen LogP contribution < -0.4 is 101 Å². The van der Waals surface area contributed by atoms with Crippen molar-refractivity contribution in [3.63, 3.8) is 0 Å². The molecule has 9 aromatic rings. The van der Waals surface area contributed by atoms with Crippen molar-refractivity contribution in [1.29, 1.82) is 0 Å². The average Bonchev–Trinajstić information content (AvgIpc) is 1.63. The largest absolute Gasteiger partial charge is 0.495 e. The van der Waals surface area contributed by atoms with Crippen molar-refractivity contribution in [3.8, 4) is 23.0 Å². The van der Waals surface area contributed by atoms with Gasteiger partial charge in [-0.1, -0.05) is 38.5 Å². The van der Waals surface area contributed by atoms with Crippen LogP contribution in [0.25, 0.3) is 0 Å². The summed E-state index contributed by atoms with van der Waals surface area (Å²) in [7, 11) is 18.9. The van der Waals surface area contributed by atoms with E-state index in [1.165, 1.54) is 38.5 Å². The third-order valence-corrected chi connectivity index (χ3v) is 28.7. The Morgan fingerprint density at radius 2 is 0.724 bits per heavy atom. The molecule has 4 saturated carbocycles. The number of anilines is 16. The number of likely N-dealkylation sites (N-methyl/N-ethyl adjacent to an activating group) is 1. The van der Waals surface area contributed by atoms with Crippen molar-refractivity contribution < 1.29 is 57.3 Å². The molecule has 0 spiro atoms. The predicted molar refractivity (Wildman–Crippen MR) is 563 cm³/mol. The highest BCUT2D eigenvalue weighted by Crippen LogP contribution is 2.48. The molecule has 0 unspecified atom stereocenters. The van der Waals surface area contributed by atoms with E-state index in [1.54, 1.807) is 182 Å². The van der Waals surface area contributed by atoms with Crippen LogP contribution in [0.5, 0.6) is 23.0 Å². The van der Waals surface area contributed by atoms with Gasteiger partial charge in [-0.25, -0.2) is 24.9 Å². The number of fused-ring (bicyclic) bond motifs is 4. The number of carbonyl (C=O) groups is 8. The van der Waals surface area contributed by atoms with Gasteiger partial charge in [-0.3, -0.25) is 38.4 Å². The van der Waals surface area contributed by atoms with E-state index in [9.17, 15) is 38.4 Å². The van der Waals surface area contributed by atoms with Crippen molar-refractivity contribution in [2.24, 2.45) is 28.7 Å². The first kappa shape index (κ1) is 105. The number of nitrogens with one attached hydrogen (secondary N) is 9. The van der Waals surface area contributed by atoms with Crippen LogP contribution in [0.15, 0.2) is 110 Å². The van der Waals surface area contributed by atoms with Gasteiger partial charge in [0.2, 0.25) is 47.4 Å². The fourth-order valence-corrected chi connectivity index (χ4v) is 20.1. The maximum atomic E-state index is 13.3. The third-order valence-electron chi connectivity index (χ3n) is 28.7. The first-order valence-electron chi connectivity index (χ1n) is 50.3. The van der Waals surface area contributed by atoms with Crippen molar-refractivity contribution in [3.05, 3.63) is 138 Å². The minimum Gasteiger partial charge on any atom is -0.495 e. The Morgan fingerprint density at radius 1 is 0.400 bits per heavy atom. The number of aryl methyl sites for hydroxylation is 1. The molecule has 4 aliphatic carbocycles. The topological polar surface area (TPSA) is 432 Å². The van der Waals surface area contributed by atoms with Crippen LogP contribution in [-0.2, 0) is 32.6 Å². The molecule has 9 aliphatic rings. The first-order chi connectivity index (χ1) is 69.4. The monoisotopic (exact) mass is 1990 g/mol. The second-order valence-corrected chi connectivity index (χ2v) is 41.4. The molecule has 1 saturated heterocycles. The Labute approximate surface area is 848 Å². The normalized spacial score (nSPS) is 18.2. The van der Waals surface area contributed by atoms with Gasteiger partial charge in [0.1, 0.15) is 45.7 Å². The van der Waals surface area contributed by atoms with E-state index >= 15 is 0 Å². The van der Waals surface area contributed by atoms with E-state index in [1.807, 2.05) is 73.1 Å². The first-order valence-corrected chi connectivity index (χ1v) is 50.3. The SMILES string of the molecule is CNC(=O)c1ccc(Nc2ncc3c(n2)N(C2CC2)CC(C)(C)C(=O)N3C)c(OC)c1.CNC(=O)c1ccc(Nc2ncc3c(n2)N(C2CCCC2)CC(C)(C)C(=O)N3)c(OC)c1.COc1cc(C(=O)NCCCN2CCN(C)CC2)ccc1Nc1ncc2c(n1)N(C1CCCC1)CC(C)(C)C(=O)N2C.COc1cc(C(=O)NCCc2cncn2C)ccc1Nc1ncc2c(n1)N(C1CCCC1)CC(C)(C)C(=O)N2C. The standard InChI is InChI=1S/C31H46N8O3.C29H38N8O3.C23H30N6O3.C22H28N6O3/c1-31(2)21-39(23-9-6-7-10-23)27-25(37(4)29(31)41)20-33-30(35-27)34-24-12-11-22(19-26(24)42-5)28(40)32-13-8-14-38-17-15-36(3)16-18-38;1-29(2)17-37(20-8-6-7-9-20)25-23(36(4)27(29)39)16-32-28(34-25)33-22-11-10-19(14-24(22)40-5)26(38)31-13-12-21-15-30-18-35(21)3;1-23(2)13-29(15-7-5-6-8-15)19-17(26-21(23)31)12-25-22(28-19)27-16-10-9-14(20(30)24-3)11-18(16)32-4;1-22(2)12-28(14-7-8-14)18-16(27(4)20(22)30)11-24-21(26-18)25-15-9-6-13(19(29)23-3)10-17(15)31-5/h11-12,19-20,23H,6-10,13-18,21H2,1-5H3,(H,32,40)(H,33,34,35);10-11,14-16,18,20H,6-9,12-13,17H2,1-5H3,(H,31,38)(H,32,33,34);9-12,15H,5-8,13H2,1-4H3,(H,24,30)(H,26,31)(H,25,27,28);6,9-11,14H,7-8,12H2,1-5H3,(H,23,29)(H,24,25,26). The summed E-state index contributed by atoms with van der Waals surface area (Å²) in [5.74, 6) is 6.09. The van der Waals surface area contributed by atoms with Gasteiger partial charge in [-0.2, -0.15) is 19.9 Å². The molecule has 0 bridgehead atoms. The Balaban J connectivity index is 0.000000146. The van der Waals surface area contributed by atoms with Gasteiger partial charge in [-0.05, 0) is 200 Å². The number of hydrogen-bond acceptors (Lipinski definition) is 31. The smallest absolute Gasteiger partial charge is 0.251 e. The number of imidazole rings is 1. The molecular weight excluding hydrogens is 1850 g/mol. The lowest BCUT2D eigenvalue weighted by atomic mass is 9.91. The molecule has 9 N–H and O–H groups in total. The second-order valence-electron chi connectivity index (χ2n) is 41.4. The van der Waals surface area contributed by atoms with Crippen LogP contribution in [-0.4, -0.2) is 273 Å². The highest BCUT2D eigenvalue weighted by molar-refractivity contribution is 6.05. The molecule has 10 heterocycles. The van der Waals surface area contributed by atoms with Gasteiger partial charge in [0.05, 0.1) is 104 Å². The maximum Gasteiger partial charge on any atom is 0.251 e. The van der Waals surface area contributed by atoms with Crippen molar-refractivity contribution >= 4 is 140 Å². The van der Waals surface area contributed by atoms with E-state index in [0.29, 0.717) is 179 Å². The predicted octanol–water partition coefficient (Wildman–Crippen LogP) is 12.9. The number of aromatic nitrogens is 10. The lowest BCUT2D eigenvalue weighted by Crippen LogP contribution is -2.45. The number of benzene rings is 4. The van der Waals surface area contributed by atoms with Crippen LogP contribution in [0, 0.1) is 21.7 Å². The van der Waals surface area contributed by atoms with Gasteiger partial charge in [0, 0.05) is 172 Å². The maximum absolute atomic E-state index is 13.3. The molecule has 18 rings (SSSR count). The molecule has 4 aromatic carbocycles. The molecule has 774 valence electrons. The van der Waals surface area contributed by atoms with Crippen molar-refractivity contribution in [1.82, 2.24) is 80.5 Å². The van der Waals surface area contributed by atoms with Gasteiger partial charge in [0.25, 0.3) is 23.6 Å². The van der Waals surface area contributed by atoms with Crippen LogP contribution in [0.3, 0.4) is 0 Å². The summed E-state index contributed by atoms with van der Waals surface area (Å²) in [4.78, 5) is 162. The Morgan fingerprint density at radius 3 is 1.06 bits per heavy atom. The minimum atomic E-state index is -0.553. The molecule has 5 aromatic heterocycles. The highest BCUT2D eigenvalue weighted by atomic mass is 16.5. The molecule has 5 aliphatic heterocycles. The summed E-state index contributed by atoms with van der Waals surface area (Å²) in [5.41, 5.74) is 6.24. The summed E-state index contributed by atoms with van der Waals surface area (Å²) in [6.45, 7) is 24.7. The molecule has 40 heteroatoms. The molecule has 0 atom stereocenters. The Bertz CT molecular complexity index is 6200. The number of hydrogen-bond donors (Lipinski definition) is 9. The van der Waals surface area contributed by atoms with E-state index in [0.717, 1.165) is 125 Å². The molecule has 5 fully saturated rings. The summed E-state index contributed by atoms with van der Waals surface area (Å²) >= 11 is 0. The molecule has 40 nitrogen and oxygen atoms in total. The van der Waals surface area contributed by atoms with E-state index in [4.69, 9.17) is 38.9 Å². The Kier molecular flexibility index (Phi) is 32.8. The zero-order chi connectivity index (χ0) is 104. The van der Waals surface area contributed by atoms with Crippen molar-refractivity contribution in [2.45, 2.75) is 182 Å². The lowest BCUT2D eigenvalue weighted by molar-refractivity contribution is -0.126. The number of carbonyl (C=O) groups excluding carboxylic acids is 8. The fraction of sp³-hybridized carbons (Fsp3) is 0.514. The highest BCUT2D eigenvalue weighted by Gasteiger charge is 2.47. The number of rotatable bonds is 27. The molecule has 0 radical (unpaired) electrons. The second kappa shape index (κ2) is 45.3. The summed E-state index contributed by atoms with van der Waals surface area (Å²) in [6, 6.07) is 22.3. The lowest BCUT2D eigenvalue weighted by Gasteiger charge is -2.34. The van der Waals surface area contributed by atoms with Gasteiger partial charge < -0.3 is 115 Å². The van der Waals surface area contributed by atoms with Gasteiger partial charge in [-0.15, -0.1) is 0 Å². The zero-order valence-corrected chi connectivity index (χ0v) is 87.2.